The van der Waals surface area contributed by atoms with Crippen molar-refractivity contribution in [3.63, 3.8) is 0 Å². The highest BCUT2D eigenvalue weighted by Gasteiger charge is 2.07. The third-order valence-electron chi connectivity index (χ3n) is 2.12. The van der Waals surface area contributed by atoms with Crippen molar-refractivity contribution < 1.29 is 4.79 Å². The van der Waals surface area contributed by atoms with E-state index in [4.69, 9.17) is 0 Å². The van der Waals surface area contributed by atoms with E-state index in [1.807, 2.05) is 23.6 Å². The van der Waals surface area contributed by atoms with Crippen LogP contribution < -0.4 is 0 Å². The van der Waals surface area contributed by atoms with Gasteiger partial charge in [0.1, 0.15) is 5.78 Å². The summed E-state index contributed by atoms with van der Waals surface area (Å²) in [5, 5.41) is 1.99. The lowest BCUT2D eigenvalue weighted by Crippen LogP contribution is -2.05. The lowest BCUT2D eigenvalue weighted by atomic mass is 10.1. The van der Waals surface area contributed by atoms with Crippen molar-refractivity contribution in [2.45, 2.75) is 12.8 Å². The zero-order valence-corrected chi connectivity index (χ0v) is 10.9. The van der Waals surface area contributed by atoms with Crippen LogP contribution in [0.3, 0.4) is 0 Å². The highest BCUT2D eigenvalue weighted by molar-refractivity contribution is 9.10. The monoisotopic (exact) mass is 295 g/mol. The van der Waals surface area contributed by atoms with Crippen molar-refractivity contribution in [2.75, 3.05) is 0 Å². The first-order chi connectivity index (χ1) is 7.74. The Bertz CT molecular complexity index is 481. The average Bonchev–Trinajstić information content (AvgIpc) is 2.65. The smallest absolute Gasteiger partial charge is 0.142 e. The van der Waals surface area contributed by atoms with Gasteiger partial charge < -0.3 is 0 Å². The van der Waals surface area contributed by atoms with E-state index in [9.17, 15) is 4.79 Å². The SMILES string of the molecule is O=C(Cc1cccnc1)Cc1cc(Br)cs1. The third kappa shape index (κ3) is 3.25. The van der Waals surface area contributed by atoms with Gasteiger partial charge in [-0.1, -0.05) is 6.07 Å². The average molecular weight is 296 g/mol. The molecule has 16 heavy (non-hydrogen) atoms. The molecule has 0 unspecified atom stereocenters. The number of nitrogens with zero attached hydrogens (tertiary/aromatic N) is 1. The molecule has 0 bridgehead atoms. The number of Topliss-reactive ketones (excluding diaryl/α,β-unsaturated/α-hetero) is 1. The summed E-state index contributed by atoms with van der Waals surface area (Å²) in [6.45, 7) is 0. The second-order valence-electron chi connectivity index (χ2n) is 3.48. The van der Waals surface area contributed by atoms with Gasteiger partial charge in [-0.05, 0) is 33.6 Å². The van der Waals surface area contributed by atoms with Gasteiger partial charge in [-0.2, -0.15) is 0 Å². The van der Waals surface area contributed by atoms with E-state index in [1.54, 1.807) is 23.7 Å². The minimum atomic E-state index is 0.224. The van der Waals surface area contributed by atoms with Crippen molar-refractivity contribution in [1.82, 2.24) is 4.98 Å². The zero-order chi connectivity index (χ0) is 11.4. The minimum absolute atomic E-state index is 0.224. The van der Waals surface area contributed by atoms with E-state index in [0.717, 1.165) is 14.9 Å². The van der Waals surface area contributed by atoms with Crippen molar-refractivity contribution in [1.29, 1.82) is 0 Å². The predicted octanol–water partition coefficient (Wildman–Crippen LogP) is 3.26. The Kier molecular flexibility index (Phi) is 3.85. The van der Waals surface area contributed by atoms with Gasteiger partial charge in [0.15, 0.2) is 0 Å². The molecule has 2 aromatic heterocycles. The van der Waals surface area contributed by atoms with E-state index in [1.165, 1.54) is 0 Å². The highest BCUT2D eigenvalue weighted by Crippen LogP contribution is 2.20. The van der Waals surface area contributed by atoms with Crippen LogP contribution in [-0.2, 0) is 17.6 Å². The number of ketones is 1. The van der Waals surface area contributed by atoms with Crippen LogP contribution in [-0.4, -0.2) is 10.8 Å². The van der Waals surface area contributed by atoms with Crippen molar-refractivity contribution >= 4 is 33.0 Å². The van der Waals surface area contributed by atoms with Gasteiger partial charge in [-0.25, -0.2) is 0 Å². The molecule has 0 amide bonds. The lowest BCUT2D eigenvalue weighted by molar-refractivity contribution is -0.117. The van der Waals surface area contributed by atoms with Crippen molar-refractivity contribution in [3.8, 4) is 0 Å². The van der Waals surface area contributed by atoms with E-state index < -0.39 is 0 Å². The quantitative estimate of drug-likeness (QED) is 0.867. The van der Waals surface area contributed by atoms with Gasteiger partial charge in [-0.15, -0.1) is 11.3 Å². The Morgan fingerprint density at radius 2 is 2.31 bits per heavy atom. The molecule has 2 heterocycles. The first-order valence-electron chi connectivity index (χ1n) is 4.87. The van der Waals surface area contributed by atoms with Crippen LogP contribution in [0, 0.1) is 0 Å². The summed E-state index contributed by atoms with van der Waals surface area (Å²) >= 11 is 4.98. The Morgan fingerprint density at radius 1 is 1.44 bits per heavy atom. The van der Waals surface area contributed by atoms with Gasteiger partial charge in [0.25, 0.3) is 0 Å². The van der Waals surface area contributed by atoms with Crippen LogP contribution in [0.4, 0.5) is 0 Å². The van der Waals surface area contributed by atoms with E-state index in [-0.39, 0.29) is 5.78 Å². The second-order valence-corrected chi connectivity index (χ2v) is 5.40. The lowest BCUT2D eigenvalue weighted by Gasteiger charge is -1.98. The second kappa shape index (κ2) is 5.37. The first kappa shape index (κ1) is 11.5. The molecule has 2 rings (SSSR count). The normalized spacial score (nSPS) is 10.3. The Morgan fingerprint density at radius 3 is 2.94 bits per heavy atom. The summed E-state index contributed by atoms with van der Waals surface area (Å²) in [6.07, 6.45) is 4.42. The van der Waals surface area contributed by atoms with Crippen LogP contribution in [0.25, 0.3) is 0 Å². The van der Waals surface area contributed by atoms with Crippen molar-refractivity contribution in [3.05, 3.63) is 50.9 Å². The minimum Gasteiger partial charge on any atom is -0.299 e. The van der Waals surface area contributed by atoms with Crippen LogP contribution in [0.15, 0.2) is 40.4 Å². The molecular formula is C12H10BrNOS. The number of hydrogen-bond donors (Lipinski definition) is 0. The molecule has 0 aliphatic carbocycles. The number of pyridine rings is 1. The molecule has 0 spiro atoms. The van der Waals surface area contributed by atoms with E-state index in [2.05, 4.69) is 20.9 Å². The number of carbonyl (C=O) groups excluding carboxylic acids is 1. The van der Waals surface area contributed by atoms with Crippen LogP contribution >= 0.6 is 27.3 Å². The predicted molar refractivity (Wildman–Crippen MR) is 68.7 cm³/mol. The molecule has 0 aliphatic heterocycles. The van der Waals surface area contributed by atoms with Gasteiger partial charge >= 0.3 is 0 Å². The Balaban J connectivity index is 1.95. The molecule has 4 heteroatoms. The van der Waals surface area contributed by atoms with Gasteiger partial charge in [0, 0.05) is 40.0 Å². The Labute approximate surface area is 106 Å². The molecule has 82 valence electrons. The fraction of sp³-hybridized carbons (Fsp3) is 0.167. The maximum absolute atomic E-state index is 11.8. The molecule has 0 radical (unpaired) electrons. The molecule has 0 saturated heterocycles. The van der Waals surface area contributed by atoms with Gasteiger partial charge in [-0.3, -0.25) is 9.78 Å². The van der Waals surface area contributed by atoms with Crippen molar-refractivity contribution in [2.24, 2.45) is 0 Å². The molecule has 2 aromatic rings. The first-order valence-corrected chi connectivity index (χ1v) is 6.55. The number of hydrogen-bond acceptors (Lipinski definition) is 3. The molecule has 0 aliphatic rings. The van der Waals surface area contributed by atoms with Gasteiger partial charge in [0.05, 0.1) is 0 Å². The van der Waals surface area contributed by atoms with Crippen LogP contribution in [0.2, 0.25) is 0 Å². The summed E-state index contributed by atoms with van der Waals surface area (Å²) < 4.78 is 1.04. The molecule has 0 aromatic carbocycles. The summed E-state index contributed by atoms with van der Waals surface area (Å²) in [6, 6.07) is 5.77. The number of aromatic nitrogens is 1. The molecule has 0 N–H and O–H groups in total. The summed E-state index contributed by atoms with van der Waals surface area (Å²) in [4.78, 5) is 16.8. The molecule has 0 atom stereocenters. The number of carbonyl (C=O) groups is 1. The molecule has 0 fully saturated rings. The third-order valence-corrected chi connectivity index (χ3v) is 3.81. The summed E-state index contributed by atoms with van der Waals surface area (Å²) in [5.41, 5.74) is 0.975. The largest absolute Gasteiger partial charge is 0.299 e. The topological polar surface area (TPSA) is 30.0 Å². The fourth-order valence-electron chi connectivity index (χ4n) is 1.43. The number of halogens is 1. The summed E-state index contributed by atoms with van der Waals surface area (Å²) in [5.74, 6) is 0.224. The maximum atomic E-state index is 11.8. The molecule has 2 nitrogen and oxygen atoms in total. The highest BCUT2D eigenvalue weighted by atomic mass is 79.9. The maximum Gasteiger partial charge on any atom is 0.142 e. The Hall–Kier alpha value is -1.000. The van der Waals surface area contributed by atoms with Crippen LogP contribution in [0.1, 0.15) is 10.4 Å². The number of thiophene rings is 1. The van der Waals surface area contributed by atoms with E-state index >= 15 is 0 Å². The van der Waals surface area contributed by atoms with E-state index in [0.29, 0.717) is 12.8 Å². The standard InChI is InChI=1S/C12H10BrNOS/c13-10-5-12(16-8-10)6-11(15)4-9-2-1-3-14-7-9/h1-3,5,7-8H,4,6H2. The zero-order valence-electron chi connectivity index (χ0n) is 8.52. The fourth-order valence-corrected chi connectivity index (χ4v) is 2.91. The van der Waals surface area contributed by atoms with Crippen LogP contribution in [0.5, 0.6) is 0 Å². The summed E-state index contributed by atoms with van der Waals surface area (Å²) in [7, 11) is 0. The molecule has 0 saturated carbocycles. The number of rotatable bonds is 4. The molecular weight excluding hydrogens is 286 g/mol. The van der Waals surface area contributed by atoms with Gasteiger partial charge in [0.2, 0.25) is 0 Å².